The molecule has 2 N–H and O–H groups in total. The first-order valence-corrected chi connectivity index (χ1v) is 9.57. The summed E-state index contributed by atoms with van der Waals surface area (Å²) in [5.41, 5.74) is 1.87. The summed E-state index contributed by atoms with van der Waals surface area (Å²) in [6.45, 7) is 2.48. The third kappa shape index (κ3) is 5.72. The van der Waals surface area contributed by atoms with Crippen LogP contribution in [0.15, 0.2) is 77.5 Å². The van der Waals surface area contributed by atoms with Crippen LogP contribution >= 0.6 is 12.4 Å². The second-order valence-electron chi connectivity index (χ2n) is 6.63. The van der Waals surface area contributed by atoms with Gasteiger partial charge in [-0.3, -0.25) is 4.98 Å². The van der Waals surface area contributed by atoms with Crippen molar-refractivity contribution in [1.82, 2.24) is 10.3 Å². The summed E-state index contributed by atoms with van der Waals surface area (Å²) in [5.74, 6) is 1.90. The van der Waals surface area contributed by atoms with Crippen LogP contribution in [0.25, 0.3) is 10.9 Å². The standard InChI is InChI=1S/C23H22FN3O2.ClH/c24-17-4-6-18(7-5-17)29-19-8-9-21-22(10-13-27-23(21)15-19)26-12-2-11-25-16-20-3-1-14-28-20;/h1,3-10,13-15,25H,2,11-12,16H2,(H,26,27);1H. The van der Waals surface area contributed by atoms with Crippen molar-refractivity contribution >= 4 is 29.0 Å². The van der Waals surface area contributed by atoms with Gasteiger partial charge < -0.3 is 19.8 Å². The van der Waals surface area contributed by atoms with E-state index < -0.39 is 0 Å². The molecule has 4 aromatic rings. The zero-order chi connectivity index (χ0) is 19.9. The topological polar surface area (TPSA) is 59.3 Å². The number of hydrogen-bond donors (Lipinski definition) is 2. The fraction of sp³-hybridized carbons (Fsp3) is 0.174. The summed E-state index contributed by atoms with van der Waals surface area (Å²) >= 11 is 0. The molecule has 0 amide bonds. The number of halogens is 2. The van der Waals surface area contributed by atoms with E-state index in [0.717, 1.165) is 48.4 Å². The van der Waals surface area contributed by atoms with Gasteiger partial charge in [0, 0.05) is 29.9 Å². The average Bonchev–Trinajstić information content (AvgIpc) is 3.26. The minimum absolute atomic E-state index is 0. The molecule has 0 radical (unpaired) electrons. The SMILES string of the molecule is Cl.Fc1ccc(Oc2ccc3c(NCCCNCc4ccco4)ccnc3c2)cc1. The number of rotatable bonds is 9. The molecular weight excluding hydrogens is 405 g/mol. The molecule has 0 unspecified atom stereocenters. The minimum atomic E-state index is -0.288. The van der Waals surface area contributed by atoms with Gasteiger partial charge in [-0.1, -0.05) is 0 Å². The third-order valence-electron chi connectivity index (χ3n) is 4.49. The van der Waals surface area contributed by atoms with Crippen LogP contribution in [-0.4, -0.2) is 18.1 Å². The molecule has 0 fully saturated rings. The average molecular weight is 428 g/mol. The molecule has 0 spiro atoms. The lowest BCUT2D eigenvalue weighted by molar-refractivity contribution is 0.481. The van der Waals surface area contributed by atoms with E-state index in [1.165, 1.54) is 12.1 Å². The van der Waals surface area contributed by atoms with E-state index in [2.05, 4.69) is 15.6 Å². The van der Waals surface area contributed by atoms with E-state index in [1.807, 2.05) is 36.4 Å². The van der Waals surface area contributed by atoms with E-state index in [4.69, 9.17) is 9.15 Å². The predicted octanol–water partition coefficient (Wildman–Crippen LogP) is 5.77. The number of nitrogens with one attached hydrogen (secondary N) is 2. The van der Waals surface area contributed by atoms with Crippen LogP contribution < -0.4 is 15.4 Å². The summed E-state index contributed by atoms with van der Waals surface area (Å²) in [6.07, 6.45) is 4.45. The van der Waals surface area contributed by atoms with Crippen molar-refractivity contribution in [1.29, 1.82) is 0 Å². The molecule has 0 aliphatic heterocycles. The van der Waals surface area contributed by atoms with Crippen LogP contribution in [0.2, 0.25) is 0 Å². The summed E-state index contributed by atoms with van der Waals surface area (Å²) in [6, 6.07) is 17.5. The Morgan fingerprint density at radius 2 is 1.80 bits per heavy atom. The predicted molar refractivity (Wildman–Crippen MR) is 119 cm³/mol. The Morgan fingerprint density at radius 3 is 2.60 bits per heavy atom. The number of fused-ring (bicyclic) bond motifs is 1. The lowest BCUT2D eigenvalue weighted by Crippen LogP contribution is -2.17. The number of ether oxygens (including phenoxy) is 1. The Labute approximate surface area is 180 Å². The van der Waals surface area contributed by atoms with Crippen molar-refractivity contribution < 1.29 is 13.5 Å². The van der Waals surface area contributed by atoms with Crippen molar-refractivity contribution in [2.24, 2.45) is 0 Å². The van der Waals surface area contributed by atoms with Gasteiger partial charge in [-0.15, -0.1) is 12.4 Å². The lowest BCUT2D eigenvalue weighted by atomic mass is 10.1. The fourth-order valence-electron chi connectivity index (χ4n) is 3.05. The van der Waals surface area contributed by atoms with Gasteiger partial charge in [0.15, 0.2) is 0 Å². The Bertz CT molecular complexity index is 1060. The van der Waals surface area contributed by atoms with E-state index in [-0.39, 0.29) is 18.2 Å². The number of aromatic nitrogens is 1. The zero-order valence-electron chi connectivity index (χ0n) is 16.3. The molecule has 5 nitrogen and oxygen atoms in total. The maximum Gasteiger partial charge on any atom is 0.129 e. The third-order valence-corrected chi connectivity index (χ3v) is 4.49. The van der Waals surface area contributed by atoms with Crippen LogP contribution in [0.3, 0.4) is 0 Å². The van der Waals surface area contributed by atoms with Gasteiger partial charge in [0.1, 0.15) is 23.1 Å². The second kappa shape index (κ2) is 10.6. The number of hydrogen-bond acceptors (Lipinski definition) is 5. The molecule has 0 saturated carbocycles. The summed E-state index contributed by atoms with van der Waals surface area (Å²) < 4.78 is 24.1. The second-order valence-corrected chi connectivity index (χ2v) is 6.63. The Hall–Kier alpha value is -3.09. The smallest absolute Gasteiger partial charge is 0.129 e. The molecule has 0 aliphatic carbocycles. The molecular formula is C23H23ClFN3O2. The molecule has 0 atom stereocenters. The van der Waals surface area contributed by atoms with Gasteiger partial charge in [-0.25, -0.2) is 4.39 Å². The molecule has 4 rings (SSSR count). The normalized spacial score (nSPS) is 10.6. The van der Waals surface area contributed by atoms with Crippen molar-refractivity contribution in [2.45, 2.75) is 13.0 Å². The largest absolute Gasteiger partial charge is 0.468 e. The van der Waals surface area contributed by atoms with Gasteiger partial charge >= 0.3 is 0 Å². The molecule has 0 bridgehead atoms. The molecule has 7 heteroatoms. The number of anilines is 1. The van der Waals surface area contributed by atoms with E-state index in [0.29, 0.717) is 11.5 Å². The van der Waals surface area contributed by atoms with Gasteiger partial charge in [0.05, 0.1) is 18.3 Å². The number of pyridine rings is 1. The first-order valence-electron chi connectivity index (χ1n) is 9.57. The maximum atomic E-state index is 13.0. The first kappa shape index (κ1) is 21.6. The van der Waals surface area contributed by atoms with E-state index in [9.17, 15) is 4.39 Å². The Balaban J connectivity index is 0.00000256. The van der Waals surface area contributed by atoms with Crippen LogP contribution in [0, 0.1) is 5.82 Å². The van der Waals surface area contributed by atoms with Gasteiger partial charge in [0.25, 0.3) is 0 Å². The van der Waals surface area contributed by atoms with Gasteiger partial charge in [0.2, 0.25) is 0 Å². The monoisotopic (exact) mass is 427 g/mol. The van der Waals surface area contributed by atoms with Crippen molar-refractivity contribution in [3.05, 3.63) is 84.7 Å². The highest BCUT2D eigenvalue weighted by atomic mass is 35.5. The van der Waals surface area contributed by atoms with E-state index in [1.54, 1.807) is 24.6 Å². The van der Waals surface area contributed by atoms with Crippen LogP contribution in [-0.2, 0) is 6.54 Å². The summed E-state index contributed by atoms with van der Waals surface area (Å²) in [5, 5.41) is 7.86. The quantitative estimate of drug-likeness (QED) is 0.332. The molecule has 2 aromatic carbocycles. The Kier molecular flexibility index (Phi) is 7.65. The molecule has 30 heavy (non-hydrogen) atoms. The van der Waals surface area contributed by atoms with Crippen LogP contribution in [0.1, 0.15) is 12.2 Å². The first-order chi connectivity index (χ1) is 14.3. The number of nitrogens with zero attached hydrogens (tertiary/aromatic N) is 1. The molecule has 156 valence electrons. The lowest BCUT2D eigenvalue weighted by Gasteiger charge is -2.11. The fourth-order valence-corrected chi connectivity index (χ4v) is 3.05. The highest BCUT2D eigenvalue weighted by Crippen LogP contribution is 2.28. The summed E-state index contributed by atoms with van der Waals surface area (Å²) in [4.78, 5) is 4.44. The minimum Gasteiger partial charge on any atom is -0.468 e. The molecule has 0 saturated heterocycles. The maximum absolute atomic E-state index is 13.0. The Morgan fingerprint density at radius 1 is 0.967 bits per heavy atom. The van der Waals surface area contributed by atoms with Crippen molar-refractivity contribution in [3.63, 3.8) is 0 Å². The number of furan rings is 1. The van der Waals surface area contributed by atoms with Crippen LogP contribution in [0.4, 0.5) is 10.1 Å². The van der Waals surface area contributed by atoms with Gasteiger partial charge in [-0.2, -0.15) is 0 Å². The van der Waals surface area contributed by atoms with Crippen molar-refractivity contribution in [2.75, 3.05) is 18.4 Å². The highest BCUT2D eigenvalue weighted by Gasteiger charge is 2.05. The summed E-state index contributed by atoms with van der Waals surface area (Å²) in [7, 11) is 0. The zero-order valence-corrected chi connectivity index (χ0v) is 17.1. The molecule has 0 aliphatic rings. The van der Waals surface area contributed by atoms with Crippen molar-refractivity contribution in [3.8, 4) is 11.5 Å². The van der Waals surface area contributed by atoms with Crippen LogP contribution in [0.5, 0.6) is 11.5 Å². The van der Waals surface area contributed by atoms with Gasteiger partial charge in [-0.05, 0) is 67.6 Å². The van der Waals surface area contributed by atoms with E-state index >= 15 is 0 Å². The number of benzene rings is 2. The molecule has 2 aromatic heterocycles. The molecule has 2 heterocycles. The highest BCUT2D eigenvalue weighted by molar-refractivity contribution is 5.91.